The van der Waals surface area contributed by atoms with Crippen molar-refractivity contribution in [3.63, 3.8) is 0 Å². The van der Waals surface area contributed by atoms with Gasteiger partial charge < -0.3 is 9.42 Å². The molecule has 22 heavy (non-hydrogen) atoms. The number of aryl methyl sites for hydroxylation is 1. The smallest absolute Gasteiger partial charge is 0.259 e. The Kier molecular flexibility index (Phi) is 3.36. The van der Waals surface area contributed by atoms with Crippen LogP contribution in [-0.4, -0.2) is 35.0 Å². The molecule has 0 fully saturated rings. The predicted octanol–water partition coefficient (Wildman–Crippen LogP) is 3.04. The van der Waals surface area contributed by atoms with Crippen molar-refractivity contribution < 1.29 is 13.7 Å². The highest BCUT2D eigenvalue weighted by Gasteiger charge is 2.23. The maximum Gasteiger partial charge on any atom is 0.259 e. The highest BCUT2D eigenvalue weighted by atomic mass is 19.1. The van der Waals surface area contributed by atoms with Crippen LogP contribution in [0.25, 0.3) is 22.4 Å². The van der Waals surface area contributed by atoms with Crippen LogP contribution in [0.4, 0.5) is 4.39 Å². The lowest BCUT2D eigenvalue weighted by Gasteiger charge is -2.11. The number of nitrogens with zero attached hydrogens (tertiary/aromatic N) is 3. The Balaban J connectivity index is 2.35. The number of rotatable bonds is 2. The summed E-state index contributed by atoms with van der Waals surface area (Å²) in [7, 11) is 3.31. The summed E-state index contributed by atoms with van der Waals surface area (Å²) in [6, 6.07) is 7.89. The third kappa shape index (κ3) is 2.22. The van der Waals surface area contributed by atoms with Crippen molar-refractivity contribution in [2.45, 2.75) is 6.92 Å². The van der Waals surface area contributed by atoms with Gasteiger partial charge in [-0.05, 0) is 25.1 Å². The van der Waals surface area contributed by atoms with Crippen LogP contribution in [0.15, 0.2) is 34.9 Å². The van der Waals surface area contributed by atoms with E-state index in [-0.39, 0.29) is 22.9 Å². The first kappa shape index (κ1) is 14.2. The van der Waals surface area contributed by atoms with Crippen LogP contribution in [0.1, 0.15) is 16.1 Å². The van der Waals surface area contributed by atoms with Gasteiger partial charge in [-0.25, -0.2) is 9.37 Å². The summed E-state index contributed by atoms with van der Waals surface area (Å²) in [4.78, 5) is 18.1. The van der Waals surface area contributed by atoms with E-state index < -0.39 is 5.82 Å². The quantitative estimate of drug-likeness (QED) is 0.729. The molecule has 0 aliphatic carbocycles. The number of halogens is 1. The standard InChI is InChI=1S/C16H14FN3O2/c1-9-8-11(16(21)20(2)3)13-14(19-22-15(13)18-9)10-6-4-5-7-12(10)17/h4-8H,1-3H3. The normalized spacial score (nSPS) is 10.9. The average Bonchev–Trinajstić information content (AvgIpc) is 2.89. The zero-order valence-electron chi connectivity index (χ0n) is 12.4. The van der Waals surface area contributed by atoms with Gasteiger partial charge in [0.15, 0.2) is 0 Å². The predicted molar refractivity (Wildman–Crippen MR) is 80.0 cm³/mol. The second-order valence-corrected chi connectivity index (χ2v) is 5.20. The second kappa shape index (κ2) is 5.22. The van der Waals surface area contributed by atoms with E-state index in [1.165, 1.54) is 11.0 Å². The van der Waals surface area contributed by atoms with Crippen molar-refractivity contribution in [3.8, 4) is 11.3 Å². The van der Waals surface area contributed by atoms with Crippen molar-refractivity contribution in [1.29, 1.82) is 0 Å². The van der Waals surface area contributed by atoms with Gasteiger partial charge in [0, 0.05) is 25.4 Å². The fourth-order valence-electron chi connectivity index (χ4n) is 2.32. The largest absolute Gasteiger partial charge is 0.345 e. The Bertz CT molecular complexity index is 871. The van der Waals surface area contributed by atoms with Gasteiger partial charge in [-0.2, -0.15) is 0 Å². The molecule has 2 aromatic heterocycles. The molecule has 3 rings (SSSR count). The van der Waals surface area contributed by atoms with Crippen LogP contribution in [0.3, 0.4) is 0 Å². The molecule has 6 heteroatoms. The van der Waals surface area contributed by atoms with Crippen LogP contribution in [0, 0.1) is 12.7 Å². The number of benzene rings is 1. The molecular formula is C16H14FN3O2. The summed E-state index contributed by atoms with van der Waals surface area (Å²) in [5.74, 6) is -0.641. The molecule has 3 aromatic rings. The highest BCUT2D eigenvalue weighted by molar-refractivity contribution is 6.09. The van der Waals surface area contributed by atoms with Crippen LogP contribution >= 0.6 is 0 Å². The summed E-state index contributed by atoms with van der Waals surface area (Å²) >= 11 is 0. The first-order valence-electron chi connectivity index (χ1n) is 6.72. The molecule has 1 amide bonds. The lowest BCUT2D eigenvalue weighted by molar-refractivity contribution is 0.0829. The number of hydrogen-bond donors (Lipinski definition) is 0. The first-order chi connectivity index (χ1) is 10.5. The van der Waals surface area contributed by atoms with E-state index in [4.69, 9.17) is 4.52 Å². The van der Waals surface area contributed by atoms with Gasteiger partial charge in [0.05, 0.1) is 10.9 Å². The van der Waals surface area contributed by atoms with Gasteiger partial charge in [-0.3, -0.25) is 4.79 Å². The maximum absolute atomic E-state index is 14.1. The second-order valence-electron chi connectivity index (χ2n) is 5.20. The Morgan fingerprint density at radius 3 is 2.68 bits per heavy atom. The van der Waals surface area contributed by atoms with Gasteiger partial charge >= 0.3 is 0 Å². The van der Waals surface area contributed by atoms with Gasteiger partial charge in [0.25, 0.3) is 11.6 Å². The third-order valence-electron chi connectivity index (χ3n) is 3.34. The van der Waals surface area contributed by atoms with E-state index in [2.05, 4.69) is 10.1 Å². The summed E-state index contributed by atoms with van der Waals surface area (Å²) in [5.41, 5.74) is 1.81. The number of pyridine rings is 1. The minimum Gasteiger partial charge on any atom is -0.345 e. The number of carbonyl (C=O) groups is 1. The molecule has 0 N–H and O–H groups in total. The Hall–Kier alpha value is -2.76. The average molecular weight is 299 g/mol. The molecule has 0 saturated carbocycles. The Morgan fingerprint density at radius 1 is 1.27 bits per heavy atom. The summed E-state index contributed by atoms with van der Waals surface area (Å²) < 4.78 is 19.3. The van der Waals surface area contributed by atoms with E-state index in [9.17, 15) is 9.18 Å². The molecule has 0 saturated heterocycles. The fraction of sp³-hybridized carbons (Fsp3) is 0.188. The van der Waals surface area contributed by atoms with Gasteiger partial charge in [0.1, 0.15) is 11.5 Å². The maximum atomic E-state index is 14.1. The van der Waals surface area contributed by atoms with E-state index in [0.717, 1.165) is 0 Å². The van der Waals surface area contributed by atoms with Crippen molar-refractivity contribution in [2.75, 3.05) is 14.1 Å². The molecule has 0 unspecified atom stereocenters. The number of fused-ring (bicyclic) bond motifs is 1. The molecule has 2 heterocycles. The molecular weight excluding hydrogens is 285 g/mol. The van der Waals surface area contributed by atoms with Crippen molar-refractivity contribution in [1.82, 2.24) is 15.0 Å². The van der Waals surface area contributed by atoms with Gasteiger partial charge in [0.2, 0.25) is 0 Å². The number of amides is 1. The molecule has 0 atom stereocenters. The lowest BCUT2D eigenvalue weighted by Crippen LogP contribution is -2.22. The van der Waals surface area contributed by atoms with Crippen LogP contribution in [0.2, 0.25) is 0 Å². The minimum absolute atomic E-state index is 0.212. The van der Waals surface area contributed by atoms with E-state index in [1.54, 1.807) is 45.3 Å². The van der Waals surface area contributed by atoms with Crippen molar-refractivity contribution in [3.05, 3.63) is 47.4 Å². The first-order valence-corrected chi connectivity index (χ1v) is 6.72. The van der Waals surface area contributed by atoms with Crippen molar-refractivity contribution in [2.24, 2.45) is 0 Å². The summed E-state index contributed by atoms with van der Waals surface area (Å²) in [5, 5.41) is 4.35. The fourth-order valence-corrected chi connectivity index (χ4v) is 2.32. The summed E-state index contributed by atoms with van der Waals surface area (Å²) in [6.07, 6.45) is 0. The van der Waals surface area contributed by atoms with E-state index in [1.807, 2.05) is 0 Å². The van der Waals surface area contributed by atoms with E-state index >= 15 is 0 Å². The molecule has 0 aliphatic heterocycles. The molecule has 1 aromatic carbocycles. The lowest BCUT2D eigenvalue weighted by atomic mass is 10.0. The third-order valence-corrected chi connectivity index (χ3v) is 3.34. The Labute approximate surface area is 126 Å². The van der Waals surface area contributed by atoms with Gasteiger partial charge in [-0.1, -0.05) is 17.3 Å². The topological polar surface area (TPSA) is 59.2 Å². The molecule has 0 aliphatic rings. The zero-order chi connectivity index (χ0) is 15.9. The van der Waals surface area contributed by atoms with Gasteiger partial charge in [-0.15, -0.1) is 0 Å². The zero-order valence-corrected chi connectivity index (χ0v) is 12.4. The van der Waals surface area contributed by atoms with Crippen LogP contribution in [0.5, 0.6) is 0 Å². The highest BCUT2D eigenvalue weighted by Crippen LogP contribution is 2.32. The molecule has 0 radical (unpaired) electrons. The molecule has 5 nitrogen and oxygen atoms in total. The monoisotopic (exact) mass is 299 g/mol. The van der Waals surface area contributed by atoms with Crippen molar-refractivity contribution >= 4 is 17.0 Å². The summed E-state index contributed by atoms with van der Waals surface area (Å²) in [6.45, 7) is 1.76. The molecule has 0 spiro atoms. The number of aromatic nitrogens is 2. The van der Waals surface area contributed by atoms with E-state index in [0.29, 0.717) is 16.6 Å². The Morgan fingerprint density at radius 2 is 2.00 bits per heavy atom. The molecule has 0 bridgehead atoms. The molecule has 112 valence electrons. The van der Waals surface area contributed by atoms with Crippen LogP contribution in [-0.2, 0) is 0 Å². The minimum atomic E-state index is -0.429. The SMILES string of the molecule is Cc1cc(C(=O)N(C)C)c2c(-c3ccccc3F)noc2n1. The number of hydrogen-bond acceptors (Lipinski definition) is 4. The van der Waals surface area contributed by atoms with Crippen LogP contribution < -0.4 is 0 Å². The number of carbonyl (C=O) groups excluding carboxylic acids is 1.